The van der Waals surface area contributed by atoms with Crippen LogP contribution in [0, 0.1) is 16.0 Å². The molecular formula is C14H16N2O6. The number of likely N-dealkylation sites (tertiary alicyclic amines) is 1. The van der Waals surface area contributed by atoms with E-state index in [1.807, 2.05) is 0 Å². The van der Waals surface area contributed by atoms with Gasteiger partial charge in [0.05, 0.1) is 23.5 Å². The summed E-state index contributed by atoms with van der Waals surface area (Å²) in [5, 5.41) is 19.9. The first kappa shape index (κ1) is 15.7. The van der Waals surface area contributed by atoms with Gasteiger partial charge < -0.3 is 14.7 Å². The van der Waals surface area contributed by atoms with Crippen LogP contribution in [0.1, 0.15) is 23.2 Å². The van der Waals surface area contributed by atoms with Crippen molar-refractivity contribution in [2.24, 2.45) is 5.92 Å². The number of amides is 1. The molecule has 22 heavy (non-hydrogen) atoms. The second kappa shape index (κ2) is 6.42. The van der Waals surface area contributed by atoms with Gasteiger partial charge in [-0.15, -0.1) is 0 Å². The van der Waals surface area contributed by atoms with E-state index < -0.39 is 22.7 Å². The van der Waals surface area contributed by atoms with Crippen LogP contribution in [0.25, 0.3) is 0 Å². The third kappa shape index (κ3) is 3.16. The maximum atomic E-state index is 12.6. The second-order valence-corrected chi connectivity index (χ2v) is 5.07. The molecule has 0 bridgehead atoms. The summed E-state index contributed by atoms with van der Waals surface area (Å²) in [6.07, 6.45) is 1.10. The van der Waals surface area contributed by atoms with Gasteiger partial charge in [0, 0.05) is 25.2 Å². The van der Waals surface area contributed by atoms with E-state index >= 15 is 0 Å². The molecule has 1 aliphatic rings. The number of rotatable bonds is 4. The first-order chi connectivity index (χ1) is 10.4. The molecule has 2 rings (SSSR count). The largest absolute Gasteiger partial charge is 0.496 e. The number of carbonyl (C=O) groups is 2. The molecule has 1 atom stereocenters. The predicted octanol–water partition coefficient (Wildman–Crippen LogP) is 1.54. The third-order valence-electron chi connectivity index (χ3n) is 3.68. The van der Waals surface area contributed by atoms with Crippen LogP contribution >= 0.6 is 0 Å². The van der Waals surface area contributed by atoms with Gasteiger partial charge in [-0.2, -0.15) is 0 Å². The van der Waals surface area contributed by atoms with E-state index in [0.717, 1.165) is 6.07 Å². The zero-order valence-corrected chi connectivity index (χ0v) is 12.0. The van der Waals surface area contributed by atoms with Crippen molar-refractivity contribution in [1.29, 1.82) is 0 Å². The molecule has 1 saturated heterocycles. The van der Waals surface area contributed by atoms with Crippen molar-refractivity contribution >= 4 is 17.6 Å². The van der Waals surface area contributed by atoms with Crippen molar-refractivity contribution in [1.82, 2.24) is 4.90 Å². The first-order valence-corrected chi connectivity index (χ1v) is 6.78. The summed E-state index contributed by atoms with van der Waals surface area (Å²) in [7, 11) is 1.37. The number of carbonyl (C=O) groups excluding carboxylic acids is 1. The average molecular weight is 308 g/mol. The van der Waals surface area contributed by atoms with Crippen LogP contribution in [-0.4, -0.2) is 47.0 Å². The molecule has 1 N–H and O–H groups in total. The number of piperidine rings is 1. The Morgan fingerprint density at radius 1 is 1.45 bits per heavy atom. The molecule has 1 aromatic carbocycles. The summed E-state index contributed by atoms with van der Waals surface area (Å²) in [5.41, 5.74) is -0.140. The smallest absolute Gasteiger partial charge is 0.308 e. The molecule has 8 nitrogen and oxygen atoms in total. The molecule has 1 heterocycles. The molecule has 8 heteroatoms. The summed E-state index contributed by atoms with van der Waals surface area (Å²) in [4.78, 5) is 35.3. The lowest BCUT2D eigenvalue weighted by atomic mass is 9.97. The Kier molecular flexibility index (Phi) is 4.59. The molecule has 0 radical (unpaired) electrons. The van der Waals surface area contributed by atoms with Gasteiger partial charge in [-0.05, 0) is 18.9 Å². The van der Waals surface area contributed by atoms with Crippen molar-refractivity contribution in [3.05, 3.63) is 33.9 Å². The molecule has 0 spiro atoms. The molecule has 1 aliphatic heterocycles. The summed E-state index contributed by atoms with van der Waals surface area (Å²) < 4.78 is 5.08. The molecule has 1 aromatic rings. The van der Waals surface area contributed by atoms with Crippen LogP contribution in [0.4, 0.5) is 5.69 Å². The Morgan fingerprint density at radius 3 is 2.77 bits per heavy atom. The Hall–Kier alpha value is -2.64. The van der Waals surface area contributed by atoms with Crippen LogP contribution in [0.5, 0.6) is 5.75 Å². The van der Waals surface area contributed by atoms with Crippen LogP contribution in [0.3, 0.4) is 0 Å². The molecular weight excluding hydrogens is 292 g/mol. The molecule has 1 amide bonds. The van der Waals surface area contributed by atoms with E-state index in [1.54, 1.807) is 0 Å². The minimum Gasteiger partial charge on any atom is -0.496 e. The normalized spacial score (nSPS) is 17.9. The van der Waals surface area contributed by atoms with Gasteiger partial charge in [-0.1, -0.05) is 0 Å². The standard InChI is InChI=1S/C14H16N2O6/c1-22-12-5-4-10(16(20)21)7-11(12)13(17)15-6-2-3-9(8-15)14(18)19/h4-5,7,9H,2-3,6,8H2,1H3,(H,18,19). The number of nitro groups is 1. The number of benzene rings is 1. The van der Waals surface area contributed by atoms with E-state index in [1.165, 1.54) is 24.1 Å². The van der Waals surface area contributed by atoms with Crippen molar-refractivity contribution in [2.75, 3.05) is 20.2 Å². The minimum absolute atomic E-state index is 0.0720. The number of methoxy groups -OCH3 is 1. The van der Waals surface area contributed by atoms with Gasteiger partial charge >= 0.3 is 5.97 Å². The highest BCUT2D eigenvalue weighted by Gasteiger charge is 2.30. The monoisotopic (exact) mass is 308 g/mol. The van der Waals surface area contributed by atoms with E-state index in [0.29, 0.717) is 19.4 Å². The second-order valence-electron chi connectivity index (χ2n) is 5.07. The lowest BCUT2D eigenvalue weighted by molar-refractivity contribution is -0.384. The van der Waals surface area contributed by atoms with Crippen LogP contribution in [-0.2, 0) is 4.79 Å². The third-order valence-corrected chi connectivity index (χ3v) is 3.68. The lowest BCUT2D eigenvalue weighted by Crippen LogP contribution is -2.42. The fourth-order valence-corrected chi connectivity index (χ4v) is 2.51. The molecule has 118 valence electrons. The summed E-state index contributed by atoms with van der Waals surface area (Å²) in [5.74, 6) is -1.77. The van der Waals surface area contributed by atoms with Crippen molar-refractivity contribution < 1.29 is 24.4 Å². The van der Waals surface area contributed by atoms with Crippen molar-refractivity contribution in [3.8, 4) is 5.75 Å². The van der Waals surface area contributed by atoms with Gasteiger partial charge in [0.2, 0.25) is 0 Å². The highest BCUT2D eigenvalue weighted by atomic mass is 16.6. The molecule has 0 aliphatic carbocycles. The van der Waals surface area contributed by atoms with E-state index in [-0.39, 0.29) is 23.5 Å². The molecule has 1 unspecified atom stereocenters. The Balaban J connectivity index is 2.29. The van der Waals surface area contributed by atoms with E-state index in [4.69, 9.17) is 9.84 Å². The summed E-state index contributed by atoms with van der Waals surface area (Å²) in [6.45, 7) is 0.522. The molecule has 0 saturated carbocycles. The number of nitrogens with zero attached hydrogens (tertiary/aromatic N) is 2. The molecule has 1 fully saturated rings. The number of ether oxygens (including phenoxy) is 1. The highest BCUT2D eigenvalue weighted by molar-refractivity contribution is 5.98. The number of hydrogen-bond acceptors (Lipinski definition) is 5. The number of carboxylic acid groups (broad SMARTS) is 1. The maximum Gasteiger partial charge on any atom is 0.308 e. The minimum atomic E-state index is -0.941. The van der Waals surface area contributed by atoms with Crippen LogP contribution in [0.15, 0.2) is 18.2 Å². The van der Waals surface area contributed by atoms with Gasteiger partial charge in [0.25, 0.3) is 11.6 Å². The van der Waals surface area contributed by atoms with Crippen molar-refractivity contribution in [3.63, 3.8) is 0 Å². The number of nitro benzene ring substituents is 1. The van der Waals surface area contributed by atoms with Crippen LogP contribution < -0.4 is 4.74 Å². The highest BCUT2D eigenvalue weighted by Crippen LogP contribution is 2.27. The fourth-order valence-electron chi connectivity index (χ4n) is 2.51. The average Bonchev–Trinajstić information content (AvgIpc) is 2.53. The number of aliphatic carboxylic acids is 1. The van der Waals surface area contributed by atoms with Crippen molar-refractivity contribution in [2.45, 2.75) is 12.8 Å². The maximum absolute atomic E-state index is 12.6. The zero-order valence-electron chi connectivity index (χ0n) is 12.0. The number of hydrogen-bond donors (Lipinski definition) is 1. The van der Waals surface area contributed by atoms with Gasteiger partial charge in [0.15, 0.2) is 0 Å². The molecule has 0 aromatic heterocycles. The summed E-state index contributed by atoms with van der Waals surface area (Å²) in [6, 6.07) is 3.78. The Bertz CT molecular complexity index is 615. The van der Waals surface area contributed by atoms with Gasteiger partial charge in [-0.3, -0.25) is 19.7 Å². The Morgan fingerprint density at radius 2 is 2.18 bits per heavy atom. The van der Waals surface area contributed by atoms with Crippen LogP contribution in [0.2, 0.25) is 0 Å². The summed E-state index contributed by atoms with van der Waals surface area (Å²) >= 11 is 0. The quantitative estimate of drug-likeness (QED) is 0.667. The SMILES string of the molecule is COc1ccc([N+](=O)[O-])cc1C(=O)N1CCCC(C(=O)O)C1. The fraction of sp³-hybridized carbons (Fsp3) is 0.429. The lowest BCUT2D eigenvalue weighted by Gasteiger charge is -2.31. The number of non-ortho nitro benzene ring substituents is 1. The zero-order chi connectivity index (χ0) is 16.3. The van der Waals surface area contributed by atoms with Gasteiger partial charge in [0.1, 0.15) is 5.75 Å². The first-order valence-electron chi connectivity index (χ1n) is 6.78. The van der Waals surface area contributed by atoms with E-state index in [9.17, 15) is 19.7 Å². The predicted molar refractivity (Wildman–Crippen MR) is 75.9 cm³/mol. The van der Waals surface area contributed by atoms with E-state index in [2.05, 4.69) is 0 Å². The van der Waals surface area contributed by atoms with Gasteiger partial charge in [-0.25, -0.2) is 0 Å². The Labute approximate surface area is 126 Å². The topological polar surface area (TPSA) is 110 Å². The number of carboxylic acids is 1.